The maximum atomic E-state index is 13.6. The summed E-state index contributed by atoms with van der Waals surface area (Å²) < 4.78 is 44.3. The van der Waals surface area contributed by atoms with Crippen molar-refractivity contribution in [1.82, 2.24) is 4.41 Å². The molecule has 0 N–H and O–H groups in total. The summed E-state index contributed by atoms with van der Waals surface area (Å²) >= 11 is 5.96. The van der Waals surface area contributed by atoms with Crippen molar-refractivity contribution in [2.24, 2.45) is 5.10 Å². The zero-order valence-corrected chi connectivity index (χ0v) is 19.9. The highest BCUT2D eigenvalue weighted by molar-refractivity contribution is 7.89. The fourth-order valence-corrected chi connectivity index (χ4v) is 5.25. The zero-order chi connectivity index (χ0) is 23.6. The van der Waals surface area contributed by atoms with Crippen LogP contribution in [0.3, 0.4) is 0 Å². The van der Waals surface area contributed by atoms with Crippen LogP contribution in [0.2, 0.25) is 5.02 Å². The Balaban J connectivity index is 1.79. The van der Waals surface area contributed by atoms with E-state index in [0.29, 0.717) is 34.4 Å². The minimum absolute atomic E-state index is 0.114. The molecule has 33 heavy (non-hydrogen) atoms. The van der Waals surface area contributed by atoms with Gasteiger partial charge in [-0.25, -0.2) is 0 Å². The van der Waals surface area contributed by atoms with Gasteiger partial charge in [0.1, 0.15) is 5.75 Å². The molecule has 0 amide bonds. The van der Waals surface area contributed by atoms with E-state index in [4.69, 9.17) is 25.8 Å². The SMILES string of the molecule is COc1ccc(C2CC(c3ccc(OC)c(OC)c3)=NN2S(=O)(=O)c2ccc(Cl)cc2)cc1. The van der Waals surface area contributed by atoms with Gasteiger partial charge >= 0.3 is 0 Å². The van der Waals surface area contributed by atoms with Crippen LogP contribution < -0.4 is 14.2 Å². The Labute approximate surface area is 198 Å². The second-order valence-corrected chi connectivity index (χ2v) is 9.57. The largest absolute Gasteiger partial charge is 0.497 e. The lowest BCUT2D eigenvalue weighted by atomic mass is 9.99. The van der Waals surface area contributed by atoms with Crippen molar-refractivity contribution in [3.05, 3.63) is 82.9 Å². The van der Waals surface area contributed by atoms with Crippen molar-refractivity contribution in [1.29, 1.82) is 0 Å². The van der Waals surface area contributed by atoms with E-state index in [-0.39, 0.29) is 4.90 Å². The van der Waals surface area contributed by atoms with Crippen LogP contribution in [0.5, 0.6) is 17.2 Å². The number of halogens is 1. The molecule has 0 spiro atoms. The lowest BCUT2D eigenvalue weighted by Crippen LogP contribution is -2.27. The number of sulfonamides is 1. The topological polar surface area (TPSA) is 77.4 Å². The molecule has 1 atom stereocenters. The Morgan fingerprint density at radius 2 is 1.55 bits per heavy atom. The Kier molecular flexibility index (Phi) is 6.49. The summed E-state index contributed by atoms with van der Waals surface area (Å²) in [5.74, 6) is 1.81. The van der Waals surface area contributed by atoms with Gasteiger partial charge in [0, 0.05) is 17.0 Å². The summed E-state index contributed by atoms with van der Waals surface area (Å²) in [6, 6.07) is 18.2. The molecule has 0 aromatic heterocycles. The summed E-state index contributed by atoms with van der Waals surface area (Å²) in [5.41, 5.74) is 2.17. The molecule has 1 unspecified atom stereocenters. The van der Waals surface area contributed by atoms with Gasteiger partial charge in [0.2, 0.25) is 0 Å². The first-order chi connectivity index (χ1) is 15.9. The van der Waals surface area contributed by atoms with Crippen LogP contribution in [-0.4, -0.2) is 39.9 Å². The molecule has 1 aliphatic rings. The normalized spacial score (nSPS) is 15.8. The van der Waals surface area contributed by atoms with Gasteiger partial charge in [-0.3, -0.25) is 0 Å². The third-order valence-electron chi connectivity index (χ3n) is 5.45. The average molecular weight is 487 g/mol. The van der Waals surface area contributed by atoms with E-state index in [0.717, 1.165) is 11.1 Å². The third kappa shape index (κ3) is 4.49. The minimum Gasteiger partial charge on any atom is -0.497 e. The molecule has 9 heteroatoms. The van der Waals surface area contributed by atoms with Gasteiger partial charge in [0.05, 0.1) is 38.0 Å². The molecular weight excluding hydrogens is 464 g/mol. The van der Waals surface area contributed by atoms with E-state index in [1.54, 1.807) is 57.7 Å². The standard InChI is InChI=1S/C24H23ClN2O5S/c1-30-19-9-4-16(5-10-19)22-15-21(17-6-13-23(31-2)24(14-17)32-3)26-27(22)33(28,29)20-11-7-18(25)8-12-20/h4-14,22H,15H2,1-3H3. The Morgan fingerprint density at radius 1 is 0.879 bits per heavy atom. The molecule has 0 aliphatic carbocycles. The summed E-state index contributed by atoms with van der Waals surface area (Å²) in [4.78, 5) is 0.114. The first-order valence-corrected chi connectivity index (χ1v) is 11.9. The van der Waals surface area contributed by atoms with Crippen LogP contribution in [0.15, 0.2) is 76.7 Å². The van der Waals surface area contributed by atoms with Crippen LogP contribution in [0.1, 0.15) is 23.6 Å². The zero-order valence-electron chi connectivity index (χ0n) is 18.4. The number of benzene rings is 3. The molecule has 0 saturated heterocycles. The van der Waals surface area contributed by atoms with E-state index >= 15 is 0 Å². The van der Waals surface area contributed by atoms with Gasteiger partial charge in [-0.05, 0) is 60.2 Å². The van der Waals surface area contributed by atoms with Gasteiger partial charge in [-0.1, -0.05) is 23.7 Å². The van der Waals surface area contributed by atoms with Crippen molar-refractivity contribution in [3.63, 3.8) is 0 Å². The molecule has 0 saturated carbocycles. The minimum atomic E-state index is -3.94. The second-order valence-electron chi connectivity index (χ2n) is 7.34. The van der Waals surface area contributed by atoms with Crippen LogP contribution in [0, 0.1) is 0 Å². The fraction of sp³-hybridized carbons (Fsp3) is 0.208. The molecule has 172 valence electrons. The van der Waals surface area contributed by atoms with Gasteiger partial charge in [0.15, 0.2) is 11.5 Å². The Hall–Kier alpha value is -3.23. The maximum absolute atomic E-state index is 13.6. The highest BCUT2D eigenvalue weighted by Crippen LogP contribution is 2.39. The number of ether oxygens (including phenoxy) is 3. The van der Waals surface area contributed by atoms with Gasteiger partial charge < -0.3 is 14.2 Å². The highest BCUT2D eigenvalue weighted by atomic mass is 35.5. The molecule has 0 fully saturated rings. The van der Waals surface area contributed by atoms with Crippen molar-refractivity contribution >= 4 is 27.3 Å². The van der Waals surface area contributed by atoms with Crippen molar-refractivity contribution in [2.45, 2.75) is 17.4 Å². The van der Waals surface area contributed by atoms with E-state index < -0.39 is 16.1 Å². The molecular formula is C24H23ClN2O5S. The monoisotopic (exact) mass is 486 g/mol. The van der Waals surface area contributed by atoms with Crippen LogP contribution >= 0.6 is 11.6 Å². The van der Waals surface area contributed by atoms with Crippen molar-refractivity contribution < 1.29 is 22.6 Å². The van der Waals surface area contributed by atoms with Gasteiger partial charge in [-0.2, -0.15) is 17.9 Å². The summed E-state index contributed by atoms with van der Waals surface area (Å²) in [5, 5.41) is 5.02. The van der Waals surface area contributed by atoms with Gasteiger partial charge in [0.25, 0.3) is 10.0 Å². The lowest BCUT2D eigenvalue weighted by molar-refractivity contribution is 0.355. The number of hydrazone groups is 1. The quantitative estimate of drug-likeness (QED) is 0.474. The molecule has 4 rings (SSSR count). The predicted octanol–water partition coefficient (Wildman–Crippen LogP) is 4.91. The van der Waals surface area contributed by atoms with Crippen LogP contribution in [-0.2, 0) is 10.0 Å². The number of nitrogens with zero attached hydrogens (tertiary/aromatic N) is 2. The highest BCUT2D eigenvalue weighted by Gasteiger charge is 2.38. The third-order valence-corrected chi connectivity index (χ3v) is 7.40. The van der Waals surface area contributed by atoms with E-state index in [9.17, 15) is 8.42 Å². The number of rotatable bonds is 7. The summed E-state index contributed by atoms with van der Waals surface area (Å²) in [6.07, 6.45) is 0.384. The molecule has 3 aromatic rings. The van der Waals surface area contributed by atoms with Crippen molar-refractivity contribution in [3.8, 4) is 17.2 Å². The van der Waals surface area contributed by atoms with E-state index in [2.05, 4.69) is 5.10 Å². The molecule has 3 aromatic carbocycles. The first kappa shape index (κ1) is 22.9. The predicted molar refractivity (Wildman–Crippen MR) is 127 cm³/mol. The fourth-order valence-electron chi connectivity index (χ4n) is 3.69. The number of hydrogen-bond acceptors (Lipinski definition) is 6. The van der Waals surface area contributed by atoms with E-state index in [1.807, 2.05) is 18.2 Å². The van der Waals surface area contributed by atoms with Crippen molar-refractivity contribution in [2.75, 3.05) is 21.3 Å². The first-order valence-electron chi connectivity index (χ1n) is 10.1. The lowest BCUT2D eigenvalue weighted by Gasteiger charge is -2.23. The molecule has 1 heterocycles. The molecule has 7 nitrogen and oxygen atoms in total. The van der Waals surface area contributed by atoms with E-state index in [1.165, 1.54) is 16.5 Å². The smallest absolute Gasteiger partial charge is 0.279 e. The molecule has 0 radical (unpaired) electrons. The molecule has 1 aliphatic heterocycles. The van der Waals surface area contributed by atoms with Crippen LogP contribution in [0.25, 0.3) is 0 Å². The van der Waals surface area contributed by atoms with Gasteiger partial charge in [-0.15, -0.1) is 0 Å². The second kappa shape index (κ2) is 9.33. The van der Waals surface area contributed by atoms with Crippen LogP contribution in [0.4, 0.5) is 0 Å². The Bertz CT molecular complexity index is 1280. The average Bonchev–Trinajstić information content (AvgIpc) is 3.30. The molecule has 0 bridgehead atoms. The number of methoxy groups -OCH3 is 3. The maximum Gasteiger partial charge on any atom is 0.279 e. The Morgan fingerprint density at radius 3 is 2.15 bits per heavy atom. The summed E-state index contributed by atoms with van der Waals surface area (Å²) in [6.45, 7) is 0. The summed E-state index contributed by atoms with van der Waals surface area (Å²) in [7, 11) is 0.757. The number of hydrogen-bond donors (Lipinski definition) is 0.